The van der Waals surface area contributed by atoms with Crippen LogP contribution in [0.1, 0.15) is 23.3 Å². The number of hydrogen-bond acceptors (Lipinski definition) is 5. The second-order valence-electron chi connectivity index (χ2n) is 8.56. The molecule has 0 unspecified atom stereocenters. The second kappa shape index (κ2) is 10.6. The van der Waals surface area contributed by atoms with Crippen molar-refractivity contribution < 1.29 is 9.18 Å². The minimum atomic E-state index is -0.204. The molecule has 7 heteroatoms. The van der Waals surface area contributed by atoms with E-state index in [0.717, 1.165) is 64.1 Å². The normalized spacial score (nSPS) is 14.9. The number of thiophene rings is 1. The number of likely N-dealkylation sites (tertiary alicyclic amines) is 1. The van der Waals surface area contributed by atoms with Crippen LogP contribution in [0.25, 0.3) is 21.1 Å². The zero-order chi connectivity index (χ0) is 23.3. The summed E-state index contributed by atoms with van der Waals surface area (Å²) in [5, 5.41) is 6.24. The number of halogens is 1. The lowest BCUT2D eigenvalue weighted by Crippen LogP contribution is -2.44. The van der Waals surface area contributed by atoms with Crippen LogP contribution in [0.15, 0.2) is 72.1 Å². The maximum Gasteiger partial charge on any atom is 0.225 e. The molecule has 1 N–H and O–H groups in total. The molecule has 0 atom stereocenters. The molecular weight excluding hydrogens is 465 g/mol. The molecule has 2 aromatic carbocycles. The first-order chi connectivity index (χ1) is 16.6. The van der Waals surface area contributed by atoms with E-state index in [1.807, 2.05) is 41.8 Å². The number of carbonyl (C=O) groups is 1. The molecule has 0 aliphatic carbocycles. The van der Waals surface area contributed by atoms with Gasteiger partial charge in [0.1, 0.15) is 10.8 Å². The molecule has 2 aromatic heterocycles. The molecule has 174 valence electrons. The van der Waals surface area contributed by atoms with Gasteiger partial charge < -0.3 is 5.32 Å². The summed E-state index contributed by atoms with van der Waals surface area (Å²) in [6.07, 6.45) is 2.18. The fourth-order valence-electron chi connectivity index (χ4n) is 4.29. The molecule has 4 aromatic rings. The van der Waals surface area contributed by atoms with Crippen LogP contribution < -0.4 is 5.32 Å². The number of thiazole rings is 1. The first-order valence-corrected chi connectivity index (χ1v) is 13.2. The minimum absolute atomic E-state index is 0.0538. The van der Waals surface area contributed by atoms with E-state index in [2.05, 4.69) is 28.4 Å². The molecule has 1 saturated heterocycles. The number of rotatable bonds is 7. The van der Waals surface area contributed by atoms with E-state index in [1.54, 1.807) is 22.7 Å². The van der Waals surface area contributed by atoms with E-state index in [1.165, 1.54) is 12.1 Å². The van der Waals surface area contributed by atoms with Crippen LogP contribution in [-0.4, -0.2) is 34.9 Å². The first-order valence-electron chi connectivity index (χ1n) is 11.5. The summed E-state index contributed by atoms with van der Waals surface area (Å²) in [6, 6.07) is 21.1. The molecule has 0 spiro atoms. The Balaban J connectivity index is 1.20. The summed E-state index contributed by atoms with van der Waals surface area (Å²) < 4.78 is 13.1. The molecule has 1 aliphatic rings. The Morgan fingerprint density at radius 3 is 2.50 bits per heavy atom. The zero-order valence-electron chi connectivity index (χ0n) is 18.7. The van der Waals surface area contributed by atoms with Crippen molar-refractivity contribution >= 4 is 28.6 Å². The number of amides is 1. The third-order valence-electron chi connectivity index (χ3n) is 6.07. The Morgan fingerprint density at radius 1 is 1.03 bits per heavy atom. The van der Waals surface area contributed by atoms with Crippen LogP contribution in [0.4, 0.5) is 4.39 Å². The van der Waals surface area contributed by atoms with Crippen LogP contribution in [0.3, 0.4) is 0 Å². The third-order valence-corrected chi connectivity index (χ3v) is 8.05. The predicted octanol–water partition coefficient (Wildman–Crippen LogP) is 6.00. The highest BCUT2D eigenvalue weighted by atomic mass is 32.1. The van der Waals surface area contributed by atoms with Crippen molar-refractivity contribution in [3.05, 3.63) is 88.4 Å². The van der Waals surface area contributed by atoms with Crippen molar-refractivity contribution in [3.63, 3.8) is 0 Å². The number of hydrogen-bond donors (Lipinski definition) is 1. The van der Waals surface area contributed by atoms with Gasteiger partial charge in [-0.25, -0.2) is 9.37 Å². The topological polar surface area (TPSA) is 45.2 Å². The number of benzene rings is 2. The molecule has 4 nitrogen and oxygen atoms in total. The number of carbonyl (C=O) groups excluding carboxylic acids is 1. The van der Waals surface area contributed by atoms with Crippen molar-refractivity contribution in [2.24, 2.45) is 0 Å². The van der Waals surface area contributed by atoms with E-state index >= 15 is 0 Å². The van der Waals surface area contributed by atoms with Gasteiger partial charge in [-0.05, 0) is 42.0 Å². The van der Waals surface area contributed by atoms with Crippen molar-refractivity contribution in [2.45, 2.75) is 31.8 Å². The molecule has 3 heterocycles. The standard InChI is InChI=1S/C27H26FN3OS2/c28-21-10-8-19(9-11-21)18-31-14-12-22(13-15-31)29-25(32)17-24-26(23-7-4-16-33-23)30-27(34-24)20-5-2-1-3-6-20/h1-11,16,22H,12-15,17-18H2,(H,29,32). The van der Waals surface area contributed by atoms with Crippen LogP contribution >= 0.6 is 22.7 Å². The van der Waals surface area contributed by atoms with Crippen molar-refractivity contribution in [2.75, 3.05) is 13.1 Å². The summed E-state index contributed by atoms with van der Waals surface area (Å²) in [7, 11) is 0. The van der Waals surface area contributed by atoms with Crippen molar-refractivity contribution in [3.8, 4) is 21.1 Å². The largest absolute Gasteiger partial charge is 0.353 e. The lowest BCUT2D eigenvalue weighted by Gasteiger charge is -2.32. The maximum absolute atomic E-state index is 13.1. The second-order valence-corrected chi connectivity index (χ2v) is 10.6. The van der Waals surface area contributed by atoms with Crippen LogP contribution in [0.5, 0.6) is 0 Å². The van der Waals surface area contributed by atoms with Gasteiger partial charge in [0.2, 0.25) is 5.91 Å². The maximum atomic E-state index is 13.1. The zero-order valence-corrected chi connectivity index (χ0v) is 20.4. The van der Waals surface area contributed by atoms with Gasteiger partial charge in [0.25, 0.3) is 0 Å². The fourth-order valence-corrected chi connectivity index (χ4v) is 6.18. The number of piperidine rings is 1. The first kappa shape index (κ1) is 22.9. The SMILES string of the molecule is O=C(Cc1sc(-c2ccccc2)nc1-c1cccs1)NC1CCN(Cc2ccc(F)cc2)CC1. The monoisotopic (exact) mass is 491 g/mol. The van der Waals surface area contributed by atoms with Crippen LogP contribution in [0, 0.1) is 5.82 Å². The Bertz CT molecular complexity index is 1210. The summed E-state index contributed by atoms with van der Waals surface area (Å²) in [5.74, 6) is -0.151. The summed E-state index contributed by atoms with van der Waals surface area (Å²) in [5.41, 5.74) is 3.11. The van der Waals surface area contributed by atoms with Crippen molar-refractivity contribution in [1.82, 2.24) is 15.2 Å². The molecule has 0 saturated carbocycles. The molecule has 34 heavy (non-hydrogen) atoms. The molecule has 1 aliphatic heterocycles. The Morgan fingerprint density at radius 2 is 1.79 bits per heavy atom. The van der Waals surface area contributed by atoms with E-state index in [0.29, 0.717) is 6.42 Å². The molecule has 1 amide bonds. The lowest BCUT2D eigenvalue weighted by atomic mass is 10.0. The average molecular weight is 492 g/mol. The van der Waals surface area contributed by atoms with E-state index in [9.17, 15) is 9.18 Å². The number of nitrogens with zero attached hydrogens (tertiary/aromatic N) is 2. The molecule has 5 rings (SSSR count). The van der Waals surface area contributed by atoms with E-state index < -0.39 is 0 Å². The summed E-state index contributed by atoms with van der Waals surface area (Å²) >= 11 is 3.25. The van der Waals surface area contributed by atoms with Gasteiger partial charge in [-0.2, -0.15) is 0 Å². The quantitative estimate of drug-likeness (QED) is 0.345. The van der Waals surface area contributed by atoms with Gasteiger partial charge in [-0.1, -0.05) is 48.5 Å². The Hall–Kier alpha value is -2.87. The van der Waals surface area contributed by atoms with Gasteiger partial charge in [0.05, 0.1) is 17.0 Å². The average Bonchev–Trinajstić information content (AvgIpc) is 3.53. The van der Waals surface area contributed by atoms with Crippen LogP contribution in [-0.2, 0) is 17.8 Å². The van der Waals surface area contributed by atoms with Gasteiger partial charge in [-0.3, -0.25) is 9.69 Å². The van der Waals surface area contributed by atoms with Gasteiger partial charge >= 0.3 is 0 Å². The van der Waals surface area contributed by atoms with Gasteiger partial charge in [0.15, 0.2) is 0 Å². The van der Waals surface area contributed by atoms with Crippen molar-refractivity contribution in [1.29, 1.82) is 0 Å². The lowest BCUT2D eigenvalue weighted by molar-refractivity contribution is -0.121. The summed E-state index contributed by atoms with van der Waals surface area (Å²) in [4.78, 5) is 22.3. The molecule has 1 fully saturated rings. The highest BCUT2D eigenvalue weighted by Crippen LogP contribution is 2.36. The van der Waals surface area contributed by atoms with Gasteiger partial charge in [-0.15, -0.1) is 22.7 Å². The van der Waals surface area contributed by atoms with E-state index in [-0.39, 0.29) is 17.8 Å². The number of nitrogens with one attached hydrogen (secondary N) is 1. The summed E-state index contributed by atoms with van der Waals surface area (Å²) in [6.45, 7) is 2.65. The smallest absolute Gasteiger partial charge is 0.225 e. The highest BCUT2D eigenvalue weighted by Gasteiger charge is 2.23. The third kappa shape index (κ3) is 5.60. The van der Waals surface area contributed by atoms with E-state index in [4.69, 9.17) is 4.98 Å². The van der Waals surface area contributed by atoms with Crippen LogP contribution in [0.2, 0.25) is 0 Å². The molecule has 0 radical (unpaired) electrons. The molecule has 0 bridgehead atoms. The Labute approximate surface area is 207 Å². The fraction of sp³-hybridized carbons (Fsp3) is 0.259. The van der Waals surface area contributed by atoms with Gasteiger partial charge in [0, 0.05) is 36.1 Å². The predicted molar refractivity (Wildman–Crippen MR) is 137 cm³/mol. The minimum Gasteiger partial charge on any atom is -0.353 e. The Kier molecular flexibility index (Phi) is 7.13. The highest BCUT2D eigenvalue weighted by molar-refractivity contribution is 7.17. The molecular formula is C27H26FN3OS2. The number of aromatic nitrogens is 1.